The van der Waals surface area contributed by atoms with Crippen LogP contribution in [0.25, 0.3) is 0 Å². The molecule has 0 radical (unpaired) electrons. The standard InChI is InChI=1S/C28H59NO18/c1-29-2-20(32)5-40-8-23(35)11-43-13-26(38)15-46-19-28(18-45-14-25(37)10-42-7-22(34)4-31)47-17-27(39)16-44-12-24(36)9-41-6-21(33)3-30/h20-39H,2-19H2,1H3. The fraction of sp³-hybridized carbons (Fsp3) is 1.00. The van der Waals surface area contributed by atoms with Crippen molar-refractivity contribution in [1.82, 2.24) is 5.32 Å². The zero-order valence-corrected chi connectivity index (χ0v) is 27.2. The molecule has 0 aliphatic heterocycles. The van der Waals surface area contributed by atoms with E-state index in [0.717, 1.165) is 0 Å². The highest BCUT2D eigenvalue weighted by Crippen LogP contribution is 2.02. The Balaban J connectivity index is 4.50. The van der Waals surface area contributed by atoms with Crippen LogP contribution in [0.5, 0.6) is 0 Å². The second kappa shape index (κ2) is 31.2. The van der Waals surface area contributed by atoms with Gasteiger partial charge in [-0.05, 0) is 7.05 Å². The number of aliphatic hydroxyl groups is 10. The first-order valence-corrected chi connectivity index (χ1v) is 15.5. The summed E-state index contributed by atoms with van der Waals surface area (Å²) in [6.07, 6.45) is -8.75. The molecule has 9 atom stereocenters. The van der Waals surface area contributed by atoms with Gasteiger partial charge in [-0.1, -0.05) is 0 Å². The van der Waals surface area contributed by atoms with Crippen molar-refractivity contribution >= 4 is 0 Å². The number of hydrogen-bond acceptors (Lipinski definition) is 19. The second-order valence-electron chi connectivity index (χ2n) is 10.9. The molecule has 19 heteroatoms. The minimum atomic E-state index is -1.10. The van der Waals surface area contributed by atoms with E-state index in [2.05, 4.69) is 5.32 Å². The van der Waals surface area contributed by atoms with Crippen molar-refractivity contribution in [1.29, 1.82) is 0 Å². The molecule has 0 aliphatic rings. The van der Waals surface area contributed by atoms with Crippen molar-refractivity contribution < 1.29 is 89.0 Å². The minimum Gasteiger partial charge on any atom is -0.394 e. The molecule has 0 aromatic rings. The van der Waals surface area contributed by atoms with Crippen LogP contribution in [0.4, 0.5) is 0 Å². The van der Waals surface area contributed by atoms with Gasteiger partial charge in [-0.15, -0.1) is 0 Å². The van der Waals surface area contributed by atoms with E-state index in [1.165, 1.54) is 0 Å². The van der Waals surface area contributed by atoms with E-state index in [4.69, 9.17) is 48.1 Å². The quantitative estimate of drug-likeness (QED) is 0.0294. The Morgan fingerprint density at radius 2 is 0.617 bits per heavy atom. The summed E-state index contributed by atoms with van der Waals surface area (Å²) in [5.74, 6) is 0. The van der Waals surface area contributed by atoms with Crippen LogP contribution in [0.1, 0.15) is 0 Å². The number of aliphatic hydroxyl groups excluding tert-OH is 10. The molecule has 19 nitrogen and oxygen atoms in total. The molecule has 0 aliphatic carbocycles. The first-order valence-electron chi connectivity index (χ1n) is 15.5. The lowest BCUT2D eigenvalue weighted by molar-refractivity contribution is -0.117. The Labute approximate surface area is 275 Å². The van der Waals surface area contributed by atoms with Crippen LogP contribution in [-0.2, 0) is 37.9 Å². The number of rotatable bonds is 35. The highest BCUT2D eigenvalue weighted by molar-refractivity contribution is 4.64. The van der Waals surface area contributed by atoms with Crippen LogP contribution in [-0.4, -0.2) is 232 Å². The van der Waals surface area contributed by atoms with Crippen molar-refractivity contribution in [2.75, 3.05) is 126 Å². The Morgan fingerprint density at radius 3 is 0.915 bits per heavy atom. The highest BCUT2D eigenvalue weighted by Gasteiger charge is 2.18. The number of nitrogens with one attached hydrogen (secondary N) is 1. The van der Waals surface area contributed by atoms with E-state index < -0.39 is 68.1 Å². The summed E-state index contributed by atoms with van der Waals surface area (Å²) < 4.78 is 42.5. The molecule has 0 fully saturated rings. The van der Waals surface area contributed by atoms with Gasteiger partial charge >= 0.3 is 0 Å². The predicted molar refractivity (Wildman–Crippen MR) is 162 cm³/mol. The molecular formula is C28H59NO18. The maximum atomic E-state index is 10.2. The molecule has 284 valence electrons. The first-order chi connectivity index (χ1) is 22.5. The van der Waals surface area contributed by atoms with Gasteiger partial charge in [0.25, 0.3) is 0 Å². The van der Waals surface area contributed by atoms with Crippen LogP contribution in [0.3, 0.4) is 0 Å². The third-order valence-electron chi connectivity index (χ3n) is 5.72. The molecule has 0 aromatic heterocycles. The lowest BCUT2D eigenvalue weighted by Gasteiger charge is -2.22. The van der Waals surface area contributed by atoms with Gasteiger partial charge in [0.1, 0.15) is 48.8 Å². The van der Waals surface area contributed by atoms with Crippen molar-refractivity contribution in [3.63, 3.8) is 0 Å². The normalized spacial score (nSPS) is 17.9. The maximum absolute atomic E-state index is 10.2. The van der Waals surface area contributed by atoms with Gasteiger partial charge in [-0.3, -0.25) is 0 Å². The lowest BCUT2D eigenvalue weighted by Crippen LogP contribution is -2.35. The van der Waals surface area contributed by atoms with Gasteiger partial charge in [0.2, 0.25) is 0 Å². The predicted octanol–water partition coefficient (Wildman–Crippen LogP) is -6.42. The van der Waals surface area contributed by atoms with E-state index >= 15 is 0 Å². The zero-order valence-electron chi connectivity index (χ0n) is 27.2. The average molecular weight is 698 g/mol. The Morgan fingerprint density at radius 1 is 0.362 bits per heavy atom. The van der Waals surface area contributed by atoms with Gasteiger partial charge in [-0.25, -0.2) is 0 Å². The fourth-order valence-electron chi connectivity index (χ4n) is 3.40. The third kappa shape index (κ3) is 29.8. The molecule has 47 heavy (non-hydrogen) atoms. The van der Waals surface area contributed by atoms with Gasteiger partial charge < -0.3 is 94.3 Å². The second-order valence-corrected chi connectivity index (χ2v) is 10.9. The molecule has 9 unspecified atom stereocenters. The summed E-state index contributed by atoms with van der Waals surface area (Å²) in [7, 11) is 1.69. The number of likely N-dealkylation sites (N-methyl/N-ethyl adjacent to an activating group) is 1. The molecule has 0 spiro atoms. The molecule has 0 saturated carbocycles. The van der Waals surface area contributed by atoms with E-state index in [1.54, 1.807) is 7.05 Å². The Kier molecular flexibility index (Phi) is 30.7. The smallest absolute Gasteiger partial charge is 0.104 e. The summed E-state index contributed by atoms with van der Waals surface area (Å²) in [6, 6.07) is 0. The maximum Gasteiger partial charge on any atom is 0.104 e. The van der Waals surface area contributed by atoms with Crippen LogP contribution in [0.15, 0.2) is 0 Å². The van der Waals surface area contributed by atoms with E-state index in [0.29, 0.717) is 6.54 Å². The van der Waals surface area contributed by atoms with Crippen molar-refractivity contribution in [3.05, 3.63) is 0 Å². The zero-order chi connectivity index (χ0) is 35.3. The summed E-state index contributed by atoms with van der Waals surface area (Å²) in [5.41, 5.74) is 0. The molecule has 0 amide bonds. The molecule has 0 rings (SSSR count). The summed E-state index contributed by atoms with van der Waals surface area (Å²) in [5, 5.41) is 98.6. The Bertz CT molecular complexity index is 673. The van der Waals surface area contributed by atoms with Gasteiger partial charge in [0.15, 0.2) is 0 Å². The van der Waals surface area contributed by atoms with Gasteiger partial charge in [0.05, 0.1) is 118 Å². The van der Waals surface area contributed by atoms with E-state index in [9.17, 15) is 40.9 Å². The topological polar surface area (TPSA) is 288 Å². The summed E-state index contributed by atoms with van der Waals surface area (Å²) >= 11 is 0. The first kappa shape index (κ1) is 46.2. The molecular weight excluding hydrogens is 638 g/mol. The van der Waals surface area contributed by atoms with Crippen LogP contribution in [0.2, 0.25) is 0 Å². The number of ether oxygens (including phenoxy) is 8. The number of hydrogen-bond donors (Lipinski definition) is 11. The van der Waals surface area contributed by atoms with Crippen LogP contribution >= 0.6 is 0 Å². The summed E-state index contributed by atoms with van der Waals surface area (Å²) in [4.78, 5) is 0. The monoisotopic (exact) mass is 697 g/mol. The molecule has 0 bridgehead atoms. The summed E-state index contributed by atoms with van der Waals surface area (Å²) in [6.45, 7) is -2.53. The van der Waals surface area contributed by atoms with Crippen molar-refractivity contribution in [2.45, 2.75) is 54.9 Å². The van der Waals surface area contributed by atoms with Gasteiger partial charge in [-0.2, -0.15) is 0 Å². The average Bonchev–Trinajstić information content (AvgIpc) is 3.03. The van der Waals surface area contributed by atoms with E-state index in [1.807, 2.05) is 0 Å². The molecule has 0 aromatic carbocycles. The largest absolute Gasteiger partial charge is 0.394 e. The van der Waals surface area contributed by atoms with Crippen molar-refractivity contribution in [2.24, 2.45) is 0 Å². The Hall–Kier alpha value is -0.760. The third-order valence-corrected chi connectivity index (χ3v) is 5.72. The minimum absolute atomic E-state index is 0.0462. The highest BCUT2D eigenvalue weighted by atomic mass is 16.6. The van der Waals surface area contributed by atoms with E-state index in [-0.39, 0.29) is 99.1 Å². The molecule has 0 heterocycles. The van der Waals surface area contributed by atoms with Gasteiger partial charge in [0, 0.05) is 6.54 Å². The lowest BCUT2D eigenvalue weighted by atomic mass is 10.3. The van der Waals surface area contributed by atoms with Crippen LogP contribution < -0.4 is 5.32 Å². The van der Waals surface area contributed by atoms with Crippen LogP contribution in [0, 0.1) is 0 Å². The molecule has 0 saturated heterocycles. The molecule has 11 N–H and O–H groups in total. The fourth-order valence-corrected chi connectivity index (χ4v) is 3.40. The van der Waals surface area contributed by atoms with Crippen molar-refractivity contribution in [3.8, 4) is 0 Å². The SMILES string of the molecule is CNCC(O)COCC(O)COCC(O)COCC(COCC(O)COCC(O)CO)OCC(O)COCC(O)COCC(O)CO.